The fraction of sp³-hybridized carbons (Fsp3) is 0.385. The quantitative estimate of drug-likeness (QED) is 0.283. The van der Waals surface area contributed by atoms with Gasteiger partial charge in [0.05, 0.1) is 32.8 Å². The third kappa shape index (κ3) is 6.38. The standard InChI is InChI=1S/C26H26Cl2N2O9/c27-18-3-1-14(9-16(18)23(34)35)38-12-21(32)29-25-5-7-26(8-6-25,20(31)11-25)30-22(33)13-39-15-2-4-19(28)17(10-15)24(36)37/h1-4,9-10,20,31H,5-8,11-13H2,(H,29,32)(H,30,33)(H,34,35)(H,36,37)/t20-,25?,26?/m0/s1. The lowest BCUT2D eigenvalue weighted by molar-refractivity contribution is -0.137. The van der Waals surface area contributed by atoms with Crippen LogP contribution in [-0.4, -0.2) is 69.5 Å². The number of halogens is 2. The number of aliphatic hydroxyl groups excluding tert-OH is 1. The van der Waals surface area contributed by atoms with E-state index in [9.17, 15) is 34.5 Å². The summed E-state index contributed by atoms with van der Waals surface area (Å²) in [4.78, 5) is 47.7. The molecular weight excluding hydrogens is 555 g/mol. The number of ether oxygens (including phenoxy) is 2. The van der Waals surface area contributed by atoms with Crippen LogP contribution in [-0.2, 0) is 9.59 Å². The van der Waals surface area contributed by atoms with Crippen LogP contribution in [0.3, 0.4) is 0 Å². The highest BCUT2D eigenvalue weighted by Gasteiger charge is 2.55. The second kappa shape index (κ2) is 11.3. The van der Waals surface area contributed by atoms with Crippen molar-refractivity contribution in [3.05, 3.63) is 57.6 Å². The predicted octanol–water partition coefficient (Wildman–Crippen LogP) is 2.90. The topological polar surface area (TPSA) is 171 Å². The molecule has 11 nitrogen and oxygen atoms in total. The second-order valence-corrected chi connectivity index (χ2v) is 10.5. The van der Waals surface area contributed by atoms with Crippen LogP contribution in [0.5, 0.6) is 11.5 Å². The van der Waals surface area contributed by atoms with E-state index in [4.69, 9.17) is 32.7 Å². The van der Waals surface area contributed by atoms with Gasteiger partial charge in [0.1, 0.15) is 11.5 Å². The van der Waals surface area contributed by atoms with Gasteiger partial charge in [-0.05, 0) is 68.5 Å². The molecule has 5 N–H and O–H groups in total. The highest BCUT2D eigenvalue weighted by molar-refractivity contribution is 6.34. The summed E-state index contributed by atoms with van der Waals surface area (Å²) in [7, 11) is 0. The van der Waals surface area contributed by atoms with Crippen molar-refractivity contribution in [2.24, 2.45) is 0 Å². The number of benzene rings is 2. The minimum atomic E-state index is -1.22. The molecule has 13 heteroatoms. The first kappa shape index (κ1) is 28.5. The van der Waals surface area contributed by atoms with E-state index in [2.05, 4.69) is 10.6 Å². The lowest BCUT2D eigenvalue weighted by atomic mass is 9.60. The van der Waals surface area contributed by atoms with E-state index in [1.807, 2.05) is 0 Å². The summed E-state index contributed by atoms with van der Waals surface area (Å²) in [5.41, 5.74) is -1.82. The maximum Gasteiger partial charge on any atom is 0.337 e. The van der Waals surface area contributed by atoms with Crippen molar-refractivity contribution in [2.45, 2.75) is 49.3 Å². The zero-order valence-electron chi connectivity index (χ0n) is 20.5. The molecule has 3 saturated carbocycles. The number of hydrogen-bond donors (Lipinski definition) is 5. The molecule has 3 aliphatic carbocycles. The van der Waals surface area contributed by atoms with Crippen molar-refractivity contribution in [2.75, 3.05) is 13.2 Å². The first-order valence-electron chi connectivity index (χ1n) is 12.0. The summed E-state index contributed by atoms with van der Waals surface area (Å²) in [6.07, 6.45) is 1.17. The maximum atomic E-state index is 12.6. The van der Waals surface area contributed by atoms with Crippen LogP contribution in [0.25, 0.3) is 0 Å². The number of aliphatic hydroxyl groups is 1. The maximum absolute atomic E-state index is 12.6. The Morgan fingerprint density at radius 2 is 1.26 bits per heavy atom. The molecule has 5 rings (SSSR count). The molecule has 39 heavy (non-hydrogen) atoms. The molecule has 0 heterocycles. The molecule has 0 spiro atoms. The average Bonchev–Trinajstić information content (AvgIpc) is 2.88. The van der Waals surface area contributed by atoms with E-state index in [0.717, 1.165) is 0 Å². The Labute approximate surface area is 233 Å². The lowest BCUT2D eigenvalue weighted by Crippen LogP contribution is -2.70. The molecule has 0 aromatic heterocycles. The summed E-state index contributed by atoms with van der Waals surface area (Å²) in [6.45, 7) is -0.741. The number of aromatic carboxylic acids is 2. The fourth-order valence-electron chi connectivity index (χ4n) is 5.12. The molecule has 208 valence electrons. The van der Waals surface area contributed by atoms with Gasteiger partial charge in [0.2, 0.25) is 0 Å². The molecule has 0 aliphatic heterocycles. The molecule has 2 amide bonds. The third-order valence-electron chi connectivity index (χ3n) is 7.19. The minimum Gasteiger partial charge on any atom is -0.484 e. The van der Waals surface area contributed by atoms with Crippen LogP contribution in [0, 0.1) is 0 Å². The molecule has 0 radical (unpaired) electrons. The molecule has 3 aliphatic rings. The highest BCUT2D eigenvalue weighted by atomic mass is 35.5. The van der Waals surface area contributed by atoms with Crippen LogP contribution in [0.2, 0.25) is 10.0 Å². The summed E-state index contributed by atoms with van der Waals surface area (Å²) >= 11 is 11.7. The number of hydrogen-bond acceptors (Lipinski definition) is 7. The summed E-state index contributed by atoms with van der Waals surface area (Å²) < 4.78 is 10.9. The first-order valence-corrected chi connectivity index (χ1v) is 12.8. The normalized spacial score (nSPS) is 23.5. The zero-order valence-corrected chi connectivity index (χ0v) is 22.1. The first-order chi connectivity index (χ1) is 18.4. The Morgan fingerprint density at radius 1 is 0.795 bits per heavy atom. The van der Waals surface area contributed by atoms with Crippen molar-refractivity contribution in [3.8, 4) is 11.5 Å². The van der Waals surface area contributed by atoms with E-state index < -0.39 is 40.9 Å². The van der Waals surface area contributed by atoms with Crippen LogP contribution in [0.15, 0.2) is 36.4 Å². The van der Waals surface area contributed by atoms with Crippen molar-refractivity contribution in [1.29, 1.82) is 0 Å². The molecular formula is C26H26Cl2N2O9. The number of carbonyl (C=O) groups excluding carboxylic acids is 2. The zero-order chi connectivity index (χ0) is 28.4. The van der Waals surface area contributed by atoms with Gasteiger partial charge < -0.3 is 35.4 Å². The summed E-state index contributed by atoms with van der Waals surface area (Å²) in [5.74, 6) is -2.99. The number of carboxylic acid groups (broad SMARTS) is 2. The number of fused-ring (bicyclic) bond motifs is 3. The highest BCUT2D eigenvalue weighted by Crippen LogP contribution is 2.47. The van der Waals surface area contributed by atoms with Gasteiger partial charge in [-0.15, -0.1) is 0 Å². The molecule has 1 atom stereocenters. The Hall–Kier alpha value is -3.54. The molecule has 3 fully saturated rings. The van der Waals surface area contributed by atoms with Gasteiger partial charge in [0.15, 0.2) is 13.2 Å². The SMILES string of the molecule is O=C(COc1ccc(Cl)c(C(=O)O)c1)NC12CCC(NC(=O)COc3ccc(Cl)c(C(=O)O)c3)(CC1)[C@@H](O)C2. The number of amides is 2. The predicted molar refractivity (Wildman–Crippen MR) is 139 cm³/mol. The Balaban J connectivity index is 1.29. The van der Waals surface area contributed by atoms with Gasteiger partial charge in [0.25, 0.3) is 11.8 Å². The Morgan fingerprint density at radius 3 is 1.69 bits per heavy atom. The Bertz CT molecular complexity index is 1310. The molecule has 2 aromatic carbocycles. The van der Waals surface area contributed by atoms with Crippen LogP contribution < -0.4 is 20.1 Å². The van der Waals surface area contributed by atoms with E-state index in [-0.39, 0.29) is 52.3 Å². The van der Waals surface area contributed by atoms with Gasteiger partial charge in [0, 0.05) is 5.54 Å². The largest absolute Gasteiger partial charge is 0.484 e. The smallest absolute Gasteiger partial charge is 0.337 e. The number of nitrogens with one attached hydrogen (secondary N) is 2. The van der Waals surface area contributed by atoms with Gasteiger partial charge in [-0.2, -0.15) is 0 Å². The third-order valence-corrected chi connectivity index (χ3v) is 7.85. The molecule has 2 aromatic rings. The number of carbonyl (C=O) groups is 4. The summed E-state index contributed by atoms with van der Waals surface area (Å²) in [6, 6.07) is 8.12. The molecule has 0 saturated heterocycles. The van der Waals surface area contributed by atoms with Crippen molar-refractivity contribution < 1.29 is 44.0 Å². The second-order valence-electron chi connectivity index (χ2n) is 9.72. The van der Waals surface area contributed by atoms with E-state index in [1.165, 1.54) is 36.4 Å². The molecule has 2 bridgehead atoms. The van der Waals surface area contributed by atoms with Gasteiger partial charge in [-0.3, -0.25) is 9.59 Å². The van der Waals surface area contributed by atoms with Crippen LogP contribution >= 0.6 is 23.2 Å². The van der Waals surface area contributed by atoms with E-state index >= 15 is 0 Å². The lowest BCUT2D eigenvalue weighted by Gasteiger charge is -2.56. The van der Waals surface area contributed by atoms with Crippen molar-refractivity contribution in [3.63, 3.8) is 0 Å². The number of rotatable bonds is 10. The van der Waals surface area contributed by atoms with Gasteiger partial charge >= 0.3 is 11.9 Å². The minimum absolute atomic E-state index is 0.0464. The van der Waals surface area contributed by atoms with Gasteiger partial charge in [-0.1, -0.05) is 23.2 Å². The number of carboxylic acids is 2. The monoisotopic (exact) mass is 580 g/mol. The van der Waals surface area contributed by atoms with Gasteiger partial charge in [-0.25, -0.2) is 9.59 Å². The van der Waals surface area contributed by atoms with Crippen molar-refractivity contribution in [1.82, 2.24) is 10.6 Å². The van der Waals surface area contributed by atoms with E-state index in [1.54, 1.807) is 0 Å². The van der Waals surface area contributed by atoms with Crippen molar-refractivity contribution >= 4 is 47.0 Å². The molecule has 0 unspecified atom stereocenters. The average molecular weight is 581 g/mol. The van der Waals surface area contributed by atoms with Crippen LogP contribution in [0.4, 0.5) is 0 Å². The van der Waals surface area contributed by atoms with E-state index in [0.29, 0.717) is 25.7 Å². The summed E-state index contributed by atoms with van der Waals surface area (Å²) in [5, 5.41) is 35.2. The Kier molecular flexibility index (Phi) is 8.24. The fourth-order valence-corrected chi connectivity index (χ4v) is 5.52. The van der Waals surface area contributed by atoms with Crippen LogP contribution in [0.1, 0.15) is 52.8 Å².